The molecule has 0 aliphatic heterocycles. The number of hydrogen-bond donors (Lipinski definition) is 0. The van der Waals surface area contributed by atoms with Gasteiger partial charge in [-0.25, -0.2) is 0 Å². The van der Waals surface area contributed by atoms with E-state index in [2.05, 4.69) is 40.4 Å². The molecular weight excluding hydrogens is 360 g/mol. The summed E-state index contributed by atoms with van der Waals surface area (Å²) in [4.78, 5) is 0. The van der Waals surface area contributed by atoms with Crippen LogP contribution in [0.4, 0.5) is 0 Å². The Morgan fingerprint density at radius 2 is 1.18 bits per heavy atom. The summed E-state index contributed by atoms with van der Waals surface area (Å²) in [6.45, 7) is 2.49. The first-order valence-corrected chi connectivity index (χ1v) is 23.0. The fourth-order valence-electron chi connectivity index (χ4n) is 5.62. The molecule has 2 atom stereocenters. The molecule has 0 bridgehead atoms. The molecular formula is C20H30SiZr. The molecule has 0 saturated carbocycles. The number of allylic oxidation sites excluding steroid dienone is 8. The molecule has 0 N–H and O–H groups in total. The predicted molar refractivity (Wildman–Crippen MR) is 97.0 cm³/mol. The Labute approximate surface area is 138 Å². The van der Waals surface area contributed by atoms with Gasteiger partial charge in [-0.05, 0) is 0 Å². The summed E-state index contributed by atoms with van der Waals surface area (Å²) >= 11 is -2.85. The quantitative estimate of drug-likeness (QED) is 0.525. The minimum atomic E-state index is -2.85. The zero-order valence-electron chi connectivity index (χ0n) is 14.3. The van der Waals surface area contributed by atoms with Crippen LogP contribution in [0.3, 0.4) is 0 Å². The van der Waals surface area contributed by atoms with E-state index in [0.29, 0.717) is 0 Å². The third-order valence-electron chi connectivity index (χ3n) is 6.88. The first-order valence-electron chi connectivity index (χ1n) is 9.33. The summed E-state index contributed by atoms with van der Waals surface area (Å²) in [5.74, 6) is 0. The van der Waals surface area contributed by atoms with Gasteiger partial charge in [-0.1, -0.05) is 0 Å². The van der Waals surface area contributed by atoms with E-state index in [4.69, 9.17) is 0 Å². The van der Waals surface area contributed by atoms with Crippen LogP contribution in [0.25, 0.3) is 0 Å². The molecule has 0 heterocycles. The Hall–Kier alpha value is 0.0600. The second kappa shape index (κ2) is 5.28. The second-order valence-electron chi connectivity index (χ2n) is 9.13. The molecule has 0 fully saturated rings. The van der Waals surface area contributed by atoms with Gasteiger partial charge in [0, 0.05) is 0 Å². The van der Waals surface area contributed by atoms with E-state index < -0.39 is 17.4 Å². The van der Waals surface area contributed by atoms with E-state index >= 15 is 0 Å². The van der Waals surface area contributed by atoms with Crippen molar-refractivity contribution in [3.63, 3.8) is 0 Å². The summed E-state index contributed by atoms with van der Waals surface area (Å²) < 4.78 is 7.22. The molecule has 0 saturated heterocycles. The monoisotopic (exact) mass is 388 g/mol. The molecule has 0 radical (unpaired) electrons. The van der Waals surface area contributed by atoms with Crippen LogP contribution in [0.5, 0.6) is 0 Å². The normalized spacial score (nSPS) is 31.8. The van der Waals surface area contributed by atoms with Crippen LogP contribution in [-0.4, -0.2) is 6.88 Å². The minimum absolute atomic E-state index is 0.846. The molecule has 2 heteroatoms. The van der Waals surface area contributed by atoms with Crippen LogP contribution < -0.4 is 0 Å². The average Bonchev–Trinajstić information content (AvgIpc) is 3.12. The van der Waals surface area contributed by atoms with Gasteiger partial charge in [-0.3, -0.25) is 0 Å². The number of hydrogen-bond acceptors (Lipinski definition) is 0. The maximum atomic E-state index is 2.76. The van der Waals surface area contributed by atoms with Crippen LogP contribution in [0.1, 0.15) is 51.4 Å². The Bertz CT molecular complexity index is 641. The molecule has 4 rings (SSSR count). The number of rotatable bonds is 2. The van der Waals surface area contributed by atoms with Crippen molar-refractivity contribution in [1.29, 1.82) is 0 Å². The van der Waals surface area contributed by atoms with Gasteiger partial charge in [0.15, 0.2) is 0 Å². The van der Waals surface area contributed by atoms with Crippen molar-refractivity contribution in [2.45, 2.75) is 67.9 Å². The molecule has 0 aromatic carbocycles. The zero-order chi connectivity index (χ0) is 15.4. The molecule has 0 aromatic rings. The Kier molecular flexibility index (Phi) is 3.74. The summed E-state index contributed by atoms with van der Waals surface area (Å²) in [6.07, 6.45) is 21.5. The molecule has 0 spiro atoms. The van der Waals surface area contributed by atoms with E-state index in [0.717, 1.165) is 7.25 Å². The molecule has 0 nitrogen and oxygen atoms in total. The zero-order valence-corrected chi connectivity index (χ0v) is 18.2. The molecule has 4 aliphatic carbocycles. The maximum absolute atomic E-state index is 2.85. The first kappa shape index (κ1) is 15.6. The predicted octanol–water partition coefficient (Wildman–Crippen LogP) is 5.78. The van der Waals surface area contributed by atoms with Gasteiger partial charge in [0.1, 0.15) is 0 Å². The van der Waals surface area contributed by atoms with Crippen molar-refractivity contribution in [2.24, 2.45) is 0 Å². The van der Waals surface area contributed by atoms with Crippen molar-refractivity contribution in [3.8, 4) is 0 Å². The van der Waals surface area contributed by atoms with Gasteiger partial charge in [0.2, 0.25) is 0 Å². The van der Waals surface area contributed by atoms with Gasteiger partial charge in [0.25, 0.3) is 0 Å². The van der Waals surface area contributed by atoms with E-state index in [-0.39, 0.29) is 0 Å². The van der Waals surface area contributed by atoms with Gasteiger partial charge in [0.05, 0.1) is 0 Å². The van der Waals surface area contributed by atoms with Gasteiger partial charge in [-0.15, -0.1) is 0 Å². The molecule has 22 heavy (non-hydrogen) atoms. The van der Waals surface area contributed by atoms with Crippen LogP contribution in [0.15, 0.2) is 46.6 Å². The van der Waals surface area contributed by atoms with Gasteiger partial charge in [-0.2, -0.15) is 0 Å². The topological polar surface area (TPSA) is 0 Å². The van der Waals surface area contributed by atoms with Crippen molar-refractivity contribution in [1.82, 2.24) is 0 Å². The van der Waals surface area contributed by atoms with Crippen molar-refractivity contribution < 1.29 is 17.4 Å². The van der Waals surface area contributed by atoms with Crippen LogP contribution in [-0.2, 0) is 17.4 Å². The Morgan fingerprint density at radius 3 is 1.64 bits per heavy atom. The van der Waals surface area contributed by atoms with Crippen molar-refractivity contribution in [2.75, 3.05) is 0 Å². The molecule has 2 unspecified atom stereocenters. The van der Waals surface area contributed by atoms with E-state index in [1.54, 1.807) is 11.1 Å². The molecule has 118 valence electrons. The van der Waals surface area contributed by atoms with Gasteiger partial charge < -0.3 is 0 Å². The van der Waals surface area contributed by atoms with Crippen molar-refractivity contribution >= 4 is 6.88 Å². The molecule has 4 aliphatic rings. The summed E-state index contributed by atoms with van der Waals surface area (Å²) in [6, 6.07) is 0. The summed E-state index contributed by atoms with van der Waals surface area (Å²) in [7, 11) is 0. The van der Waals surface area contributed by atoms with Crippen LogP contribution >= 0.6 is 0 Å². The standard InChI is InChI=1S/2C9H11.2CH3.H2Si.Zr/c2*1-2-5-9-7-3-6-8(9)4-1;;;;/h2*3,6-7H,1-2,4-5H2;2*1H3;1H2;. The van der Waals surface area contributed by atoms with Crippen LogP contribution in [0.2, 0.25) is 16.5 Å². The molecule has 0 aromatic heterocycles. The average molecular weight is 390 g/mol. The second-order valence-corrected chi connectivity index (χ2v) is 39.8. The van der Waals surface area contributed by atoms with E-state index in [1.807, 2.05) is 11.1 Å². The SMILES string of the molecule is [CH3][Zr]([CH3])(=[SiH2])([CH]1C=CC2=C1CCCC2)[CH]1C=CC2=C1CCCC2. The fourth-order valence-corrected chi connectivity index (χ4v) is 21.9. The first-order chi connectivity index (χ1) is 10.5. The summed E-state index contributed by atoms with van der Waals surface area (Å²) in [5, 5.41) is 0. The van der Waals surface area contributed by atoms with Gasteiger partial charge >= 0.3 is 139 Å². The van der Waals surface area contributed by atoms with E-state index in [9.17, 15) is 0 Å². The third-order valence-corrected chi connectivity index (χ3v) is 24.8. The van der Waals surface area contributed by atoms with Crippen LogP contribution in [0, 0.1) is 0 Å². The summed E-state index contributed by atoms with van der Waals surface area (Å²) in [5.41, 5.74) is 7.20. The third kappa shape index (κ3) is 2.32. The van der Waals surface area contributed by atoms with Crippen molar-refractivity contribution in [3.05, 3.63) is 46.6 Å². The van der Waals surface area contributed by atoms with E-state index in [1.165, 1.54) is 51.4 Å². The fraction of sp³-hybridized carbons (Fsp3) is 0.600. The Balaban J connectivity index is 1.75. The Morgan fingerprint density at radius 1 is 0.773 bits per heavy atom. The molecule has 0 amide bonds.